The Labute approximate surface area is 180 Å². The Morgan fingerprint density at radius 1 is 1.20 bits per heavy atom. The summed E-state index contributed by atoms with van der Waals surface area (Å²) >= 11 is 0. The lowest BCUT2D eigenvalue weighted by Gasteiger charge is -2.35. The van der Waals surface area contributed by atoms with Crippen molar-refractivity contribution in [1.29, 1.82) is 0 Å². The Balaban J connectivity index is 1.52. The van der Waals surface area contributed by atoms with Crippen LogP contribution in [-0.4, -0.2) is 58.9 Å². The van der Waals surface area contributed by atoms with E-state index in [1.165, 1.54) is 11.8 Å². The van der Waals surface area contributed by atoms with Crippen LogP contribution in [0.15, 0.2) is 18.2 Å². The Hall–Kier alpha value is -1.48. The number of piperidine rings is 1. The van der Waals surface area contributed by atoms with Crippen LogP contribution in [-0.2, 0) is 19.6 Å². The van der Waals surface area contributed by atoms with E-state index in [9.17, 15) is 13.2 Å². The van der Waals surface area contributed by atoms with Crippen molar-refractivity contribution in [1.82, 2.24) is 10.0 Å². The van der Waals surface area contributed by atoms with Crippen molar-refractivity contribution in [2.75, 3.05) is 26.0 Å². The van der Waals surface area contributed by atoms with E-state index in [1.54, 1.807) is 0 Å². The van der Waals surface area contributed by atoms with Crippen LogP contribution >= 0.6 is 0 Å². The minimum atomic E-state index is -3.23. The Morgan fingerprint density at radius 3 is 2.67 bits per heavy atom. The van der Waals surface area contributed by atoms with Gasteiger partial charge in [0.25, 0.3) is 0 Å². The van der Waals surface area contributed by atoms with Gasteiger partial charge in [0, 0.05) is 12.1 Å². The Bertz CT molecular complexity index is 806. The molecular formula is C22H34N2O5S. The van der Waals surface area contributed by atoms with Gasteiger partial charge in [-0.3, -0.25) is 4.79 Å². The summed E-state index contributed by atoms with van der Waals surface area (Å²) in [6.07, 6.45) is 7.91. The van der Waals surface area contributed by atoms with Crippen LogP contribution < -0.4 is 14.8 Å². The molecule has 0 amide bonds. The number of benzene rings is 1. The number of aryl methyl sites for hydroxylation is 1. The van der Waals surface area contributed by atoms with Crippen LogP contribution in [0, 0.1) is 6.92 Å². The minimum absolute atomic E-state index is 0.00585. The normalized spacial score (nSPS) is 27.5. The second-order valence-corrected chi connectivity index (χ2v) is 10.3. The maximum atomic E-state index is 11.6. The monoisotopic (exact) mass is 438 g/mol. The largest absolute Gasteiger partial charge is 0.486 e. The standard InChI is InChI=1S/C22H34N2O5S/c1-16-5-3-6-19(22(16)28-14-13-25)17-8-10-18(11-9-17)29-15-21-20(7-4-12-23-21)24-30(2,26)27/h3,5-6,13,17-18,20-21,23-24H,4,7-12,14-15H2,1-2H3/t17?,18?,20-,21-/m0/s1. The molecule has 1 aliphatic carbocycles. The van der Waals surface area contributed by atoms with Gasteiger partial charge in [0.05, 0.1) is 19.0 Å². The fraction of sp³-hybridized carbons (Fsp3) is 0.682. The van der Waals surface area contributed by atoms with Crippen molar-refractivity contribution in [3.8, 4) is 5.75 Å². The number of aldehydes is 1. The molecule has 0 bridgehead atoms. The number of rotatable bonds is 9. The number of para-hydroxylation sites is 1. The molecule has 2 aliphatic rings. The number of carbonyl (C=O) groups is 1. The van der Waals surface area contributed by atoms with E-state index in [-0.39, 0.29) is 24.8 Å². The molecule has 1 heterocycles. The molecular weight excluding hydrogens is 404 g/mol. The van der Waals surface area contributed by atoms with Crippen molar-refractivity contribution in [2.45, 2.75) is 69.6 Å². The minimum Gasteiger partial charge on any atom is -0.486 e. The summed E-state index contributed by atoms with van der Waals surface area (Å²) in [4.78, 5) is 10.7. The fourth-order valence-electron chi connectivity index (χ4n) is 4.64. The van der Waals surface area contributed by atoms with Crippen LogP contribution in [0.1, 0.15) is 55.6 Å². The topological polar surface area (TPSA) is 93.7 Å². The summed E-state index contributed by atoms with van der Waals surface area (Å²) in [6.45, 7) is 3.49. The summed E-state index contributed by atoms with van der Waals surface area (Å²) in [5, 5.41) is 3.40. The van der Waals surface area contributed by atoms with Gasteiger partial charge in [-0.05, 0) is 69.0 Å². The fourth-order valence-corrected chi connectivity index (χ4v) is 5.47. The molecule has 1 aromatic rings. The zero-order chi connectivity index (χ0) is 21.6. The first-order valence-electron chi connectivity index (χ1n) is 10.9. The maximum Gasteiger partial charge on any atom is 0.209 e. The van der Waals surface area contributed by atoms with Crippen molar-refractivity contribution in [3.63, 3.8) is 0 Å². The van der Waals surface area contributed by atoms with E-state index in [0.717, 1.165) is 62.7 Å². The number of hydrogen-bond acceptors (Lipinski definition) is 6. The third-order valence-corrected chi connectivity index (χ3v) is 6.84. The molecule has 8 heteroatoms. The molecule has 168 valence electrons. The first kappa shape index (κ1) is 23.2. The second kappa shape index (κ2) is 10.7. The van der Waals surface area contributed by atoms with Gasteiger partial charge in [-0.15, -0.1) is 0 Å². The van der Waals surface area contributed by atoms with Gasteiger partial charge in [0.1, 0.15) is 12.4 Å². The lowest BCUT2D eigenvalue weighted by molar-refractivity contribution is -0.109. The molecule has 2 atom stereocenters. The smallest absolute Gasteiger partial charge is 0.209 e. The number of sulfonamides is 1. The Morgan fingerprint density at radius 2 is 1.97 bits per heavy atom. The number of nitrogens with one attached hydrogen (secondary N) is 2. The number of ether oxygens (including phenoxy) is 2. The van der Waals surface area contributed by atoms with Gasteiger partial charge in [0.2, 0.25) is 10.0 Å². The van der Waals surface area contributed by atoms with Crippen LogP contribution in [0.25, 0.3) is 0 Å². The lowest BCUT2D eigenvalue weighted by atomic mass is 9.81. The van der Waals surface area contributed by atoms with E-state index >= 15 is 0 Å². The van der Waals surface area contributed by atoms with E-state index in [1.807, 2.05) is 19.1 Å². The van der Waals surface area contributed by atoms with Crippen LogP contribution in [0.5, 0.6) is 5.75 Å². The van der Waals surface area contributed by atoms with Gasteiger partial charge >= 0.3 is 0 Å². The molecule has 0 spiro atoms. The third-order valence-electron chi connectivity index (χ3n) is 6.11. The summed E-state index contributed by atoms with van der Waals surface area (Å²) in [6, 6.07) is 6.05. The molecule has 30 heavy (non-hydrogen) atoms. The zero-order valence-electron chi connectivity index (χ0n) is 17.9. The summed E-state index contributed by atoms with van der Waals surface area (Å²) in [5.74, 6) is 1.24. The van der Waals surface area contributed by atoms with Gasteiger partial charge in [-0.1, -0.05) is 18.2 Å². The van der Waals surface area contributed by atoms with Gasteiger partial charge in [-0.25, -0.2) is 13.1 Å². The lowest BCUT2D eigenvalue weighted by Crippen LogP contribution is -2.55. The van der Waals surface area contributed by atoms with Crippen LogP contribution in [0.4, 0.5) is 0 Å². The highest BCUT2D eigenvalue weighted by Gasteiger charge is 2.30. The highest BCUT2D eigenvalue weighted by Crippen LogP contribution is 2.39. The Kier molecular flexibility index (Phi) is 8.27. The summed E-state index contributed by atoms with van der Waals surface area (Å²) < 4.78 is 37.9. The molecule has 2 fully saturated rings. The van der Waals surface area contributed by atoms with Gasteiger partial charge < -0.3 is 14.8 Å². The average Bonchev–Trinajstić information content (AvgIpc) is 2.71. The number of hydrogen-bond donors (Lipinski definition) is 2. The SMILES string of the molecule is Cc1cccc(C2CCC(OC[C@@H]3NCCC[C@@H]3NS(C)(=O)=O)CC2)c1OCC=O. The molecule has 0 unspecified atom stereocenters. The molecule has 1 saturated heterocycles. The molecule has 3 rings (SSSR count). The van der Waals surface area contributed by atoms with E-state index in [4.69, 9.17) is 9.47 Å². The molecule has 7 nitrogen and oxygen atoms in total. The first-order chi connectivity index (χ1) is 14.4. The molecule has 1 saturated carbocycles. The van der Waals surface area contributed by atoms with E-state index in [2.05, 4.69) is 16.1 Å². The van der Waals surface area contributed by atoms with Crippen molar-refractivity contribution in [2.24, 2.45) is 0 Å². The van der Waals surface area contributed by atoms with Crippen molar-refractivity contribution < 1.29 is 22.7 Å². The maximum absolute atomic E-state index is 11.6. The summed E-state index contributed by atoms with van der Waals surface area (Å²) in [7, 11) is -3.23. The molecule has 1 aromatic carbocycles. The van der Waals surface area contributed by atoms with Gasteiger partial charge in [-0.2, -0.15) is 0 Å². The highest BCUT2D eigenvalue weighted by molar-refractivity contribution is 7.88. The second-order valence-electron chi connectivity index (χ2n) is 8.48. The molecule has 2 N–H and O–H groups in total. The predicted molar refractivity (Wildman–Crippen MR) is 116 cm³/mol. The zero-order valence-corrected chi connectivity index (χ0v) is 18.7. The third kappa shape index (κ3) is 6.51. The van der Waals surface area contributed by atoms with Crippen molar-refractivity contribution >= 4 is 16.3 Å². The predicted octanol–water partition coefficient (Wildman–Crippen LogP) is 2.29. The van der Waals surface area contributed by atoms with Crippen molar-refractivity contribution in [3.05, 3.63) is 29.3 Å². The first-order valence-corrected chi connectivity index (χ1v) is 12.7. The van der Waals surface area contributed by atoms with Crippen LogP contribution in [0.2, 0.25) is 0 Å². The summed E-state index contributed by atoms with van der Waals surface area (Å²) in [5.41, 5.74) is 2.24. The van der Waals surface area contributed by atoms with Crippen LogP contribution in [0.3, 0.4) is 0 Å². The molecule has 1 aliphatic heterocycles. The highest BCUT2D eigenvalue weighted by atomic mass is 32.2. The number of carbonyl (C=O) groups excluding carboxylic acids is 1. The van der Waals surface area contributed by atoms with E-state index < -0.39 is 10.0 Å². The molecule has 0 radical (unpaired) electrons. The quantitative estimate of drug-likeness (QED) is 0.575. The average molecular weight is 439 g/mol. The molecule has 0 aromatic heterocycles. The van der Waals surface area contributed by atoms with E-state index in [0.29, 0.717) is 12.5 Å². The van der Waals surface area contributed by atoms with Gasteiger partial charge in [0.15, 0.2) is 6.29 Å².